The molecule has 19 heavy (non-hydrogen) atoms. The molecule has 0 atom stereocenters. The van der Waals surface area contributed by atoms with Gasteiger partial charge in [0.15, 0.2) is 0 Å². The first-order chi connectivity index (χ1) is 9.42. The van der Waals surface area contributed by atoms with E-state index in [9.17, 15) is 0 Å². The van der Waals surface area contributed by atoms with Crippen molar-refractivity contribution in [1.29, 1.82) is 0 Å². The first kappa shape index (κ1) is 12.7. The van der Waals surface area contributed by atoms with Crippen molar-refractivity contribution in [3.8, 4) is 0 Å². The average Bonchev–Trinajstić information content (AvgIpc) is 2.49. The largest absolute Gasteiger partial charge is 0.356 e. The molecular weight excluding hydrogens is 238 g/mol. The molecule has 0 radical (unpaired) electrons. The highest BCUT2D eigenvalue weighted by atomic mass is 15.2. The maximum atomic E-state index is 4.67. The van der Waals surface area contributed by atoms with E-state index in [4.69, 9.17) is 0 Å². The number of aromatic nitrogens is 2. The Labute approximate surface area is 114 Å². The Morgan fingerprint density at radius 1 is 1.16 bits per heavy atom. The molecule has 5 heteroatoms. The molecule has 0 bridgehead atoms. The van der Waals surface area contributed by atoms with Crippen LogP contribution in [-0.2, 0) is 0 Å². The van der Waals surface area contributed by atoms with Gasteiger partial charge in [0.05, 0.1) is 0 Å². The number of anilines is 2. The highest BCUT2D eigenvalue weighted by Crippen LogP contribution is 2.18. The molecule has 2 saturated heterocycles. The fraction of sp³-hybridized carbons (Fsp3) is 0.714. The molecule has 0 unspecified atom stereocenters. The fourth-order valence-electron chi connectivity index (χ4n) is 2.87. The molecule has 3 rings (SSSR count). The summed E-state index contributed by atoms with van der Waals surface area (Å²) in [7, 11) is 0. The number of hydrogen-bond donors (Lipinski definition) is 2. The van der Waals surface area contributed by atoms with Crippen molar-refractivity contribution >= 4 is 11.8 Å². The van der Waals surface area contributed by atoms with Gasteiger partial charge in [0.25, 0.3) is 0 Å². The minimum atomic E-state index is 0.512. The average molecular weight is 261 g/mol. The van der Waals surface area contributed by atoms with E-state index >= 15 is 0 Å². The predicted octanol–water partition coefficient (Wildman–Crippen LogP) is 1.63. The second-order valence-corrected chi connectivity index (χ2v) is 5.45. The molecule has 2 fully saturated rings. The molecule has 1 aromatic heterocycles. The first-order valence-corrected chi connectivity index (χ1v) is 7.47. The molecule has 0 amide bonds. The minimum absolute atomic E-state index is 0.512. The monoisotopic (exact) mass is 261 g/mol. The summed E-state index contributed by atoms with van der Waals surface area (Å²) in [5.41, 5.74) is 0. The SMILES string of the molecule is c1cc(N2CCCCC2)nc(NC2CCNCC2)n1. The van der Waals surface area contributed by atoms with Gasteiger partial charge in [-0.2, -0.15) is 4.98 Å². The number of nitrogens with one attached hydrogen (secondary N) is 2. The molecule has 0 spiro atoms. The molecule has 2 aliphatic rings. The molecule has 2 aliphatic heterocycles. The van der Waals surface area contributed by atoms with Gasteiger partial charge in [-0.25, -0.2) is 4.98 Å². The van der Waals surface area contributed by atoms with Gasteiger partial charge in [0, 0.05) is 25.3 Å². The van der Waals surface area contributed by atoms with Gasteiger partial charge in [-0.1, -0.05) is 0 Å². The van der Waals surface area contributed by atoms with Gasteiger partial charge in [-0.05, 0) is 51.3 Å². The van der Waals surface area contributed by atoms with Crippen LogP contribution in [0.2, 0.25) is 0 Å². The summed E-state index contributed by atoms with van der Waals surface area (Å²) in [6, 6.07) is 2.54. The number of piperidine rings is 2. The van der Waals surface area contributed by atoms with E-state index in [0.717, 1.165) is 50.8 Å². The van der Waals surface area contributed by atoms with Crippen LogP contribution in [-0.4, -0.2) is 42.2 Å². The van der Waals surface area contributed by atoms with Crippen molar-refractivity contribution in [2.45, 2.75) is 38.1 Å². The Morgan fingerprint density at radius 2 is 1.95 bits per heavy atom. The van der Waals surface area contributed by atoms with E-state index < -0.39 is 0 Å². The zero-order chi connectivity index (χ0) is 12.9. The van der Waals surface area contributed by atoms with Crippen molar-refractivity contribution in [2.24, 2.45) is 0 Å². The third kappa shape index (κ3) is 3.35. The summed E-state index contributed by atoms with van der Waals surface area (Å²) < 4.78 is 0. The first-order valence-electron chi connectivity index (χ1n) is 7.47. The predicted molar refractivity (Wildman–Crippen MR) is 77.6 cm³/mol. The second kappa shape index (κ2) is 6.19. The zero-order valence-electron chi connectivity index (χ0n) is 11.4. The van der Waals surface area contributed by atoms with Crippen molar-refractivity contribution < 1.29 is 0 Å². The smallest absolute Gasteiger partial charge is 0.224 e. The fourth-order valence-corrected chi connectivity index (χ4v) is 2.87. The summed E-state index contributed by atoms with van der Waals surface area (Å²) in [5, 5.41) is 6.85. The highest BCUT2D eigenvalue weighted by molar-refractivity contribution is 5.43. The maximum Gasteiger partial charge on any atom is 0.224 e. The highest BCUT2D eigenvalue weighted by Gasteiger charge is 2.16. The lowest BCUT2D eigenvalue weighted by Gasteiger charge is -2.28. The van der Waals surface area contributed by atoms with E-state index in [1.54, 1.807) is 0 Å². The van der Waals surface area contributed by atoms with Crippen LogP contribution >= 0.6 is 0 Å². The van der Waals surface area contributed by atoms with E-state index in [1.165, 1.54) is 19.3 Å². The lowest BCUT2D eigenvalue weighted by atomic mass is 10.1. The summed E-state index contributed by atoms with van der Waals surface area (Å²) >= 11 is 0. The van der Waals surface area contributed by atoms with Gasteiger partial charge in [0.1, 0.15) is 5.82 Å². The molecule has 3 heterocycles. The molecule has 104 valence electrons. The molecule has 2 N–H and O–H groups in total. The Morgan fingerprint density at radius 3 is 2.74 bits per heavy atom. The minimum Gasteiger partial charge on any atom is -0.356 e. The van der Waals surface area contributed by atoms with Crippen LogP contribution in [0.3, 0.4) is 0 Å². The molecule has 1 aromatic rings. The maximum absolute atomic E-state index is 4.67. The molecule has 0 aliphatic carbocycles. The molecule has 0 saturated carbocycles. The number of nitrogens with zero attached hydrogens (tertiary/aromatic N) is 3. The topological polar surface area (TPSA) is 53.1 Å². The molecular formula is C14H23N5. The second-order valence-electron chi connectivity index (χ2n) is 5.45. The Hall–Kier alpha value is -1.36. The molecule has 0 aromatic carbocycles. The summed E-state index contributed by atoms with van der Waals surface area (Å²) in [6.45, 7) is 4.43. The van der Waals surface area contributed by atoms with Gasteiger partial charge in [0.2, 0.25) is 5.95 Å². The van der Waals surface area contributed by atoms with Crippen molar-refractivity contribution in [2.75, 3.05) is 36.4 Å². The van der Waals surface area contributed by atoms with Crippen LogP contribution in [0.15, 0.2) is 12.3 Å². The number of rotatable bonds is 3. The molecule has 5 nitrogen and oxygen atoms in total. The third-order valence-corrected chi connectivity index (χ3v) is 3.99. The van der Waals surface area contributed by atoms with Gasteiger partial charge in [-0.15, -0.1) is 0 Å². The quantitative estimate of drug-likeness (QED) is 0.866. The van der Waals surface area contributed by atoms with Crippen LogP contribution in [0.25, 0.3) is 0 Å². The van der Waals surface area contributed by atoms with Crippen molar-refractivity contribution in [1.82, 2.24) is 15.3 Å². The van der Waals surface area contributed by atoms with Gasteiger partial charge in [-0.3, -0.25) is 0 Å². The van der Waals surface area contributed by atoms with Crippen LogP contribution < -0.4 is 15.5 Å². The van der Waals surface area contributed by atoms with Crippen LogP contribution in [0.1, 0.15) is 32.1 Å². The third-order valence-electron chi connectivity index (χ3n) is 3.99. The van der Waals surface area contributed by atoms with E-state index in [1.807, 2.05) is 12.3 Å². The van der Waals surface area contributed by atoms with E-state index in [2.05, 4.69) is 25.5 Å². The van der Waals surface area contributed by atoms with E-state index in [-0.39, 0.29) is 0 Å². The normalized spacial score (nSPS) is 21.4. The van der Waals surface area contributed by atoms with Crippen LogP contribution in [0, 0.1) is 0 Å². The summed E-state index contributed by atoms with van der Waals surface area (Å²) in [5.74, 6) is 1.86. The lowest BCUT2D eigenvalue weighted by molar-refractivity contribution is 0.477. The Bertz CT molecular complexity index is 397. The van der Waals surface area contributed by atoms with E-state index in [0.29, 0.717) is 6.04 Å². The Kier molecular flexibility index (Phi) is 4.13. The Balaban J connectivity index is 1.64. The van der Waals surface area contributed by atoms with Crippen LogP contribution in [0.4, 0.5) is 11.8 Å². The number of hydrogen-bond acceptors (Lipinski definition) is 5. The summed E-state index contributed by atoms with van der Waals surface area (Å²) in [6.07, 6.45) is 8.08. The van der Waals surface area contributed by atoms with Crippen LogP contribution in [0.5, 0.6) is 0 Å². The van der Waals surface area contributed by atoms with Crippen molar-refractivity contribution in [3.05, 3.63) is 12.3 Å². The summed E-state index contributed by atoms with van der Waals surface area (Å²) in [4.78, 5) is 11.4. The zero-order valence-corrected chi connectivity index (χ0v) is 11.4. The van der Waals surface area contributed by atoms with Gasteiger partial charge >= 0.3 is 0 Å². The standard InChI is InChI=1S/C14H23N5/c1-2-10-19(11-3-1)13-6-9-16-14(18-13)17-12-4-7-15-8-5-12/h6,9,12,15H,1-5,7-8,10-11H2,(H,16,17,18). The van der Waals surface area contributed by atoms with Crippen molar-refractivity contribution in [3.63, 3.8) is 0 Å². The lowest BCUT2D eigenvalue weighted by Crippen LogP contribution is -2.36. The van der Waals surface area contributed by atoms with Gasteiger partial charge < -0.3 is 15.5 Å².